The van der Waals surface area contributed by atoms with E-state index in [0.29, 0.717) is 11.3 Å². The molecule has 0 aliphatic rings. The van der Waals surface area contributed by atoms with Crippen LogP contribution >= 0.6 is 0 Å². The third-order valence-corrected chi connectivity index (χ3v) is 2.00. The van der Waals surface area contributed by atoms with Gasteiger partial charge in [-0.05, 0) is 12.1 Å². The molecule has 0 bridgehead atoms. The highest BCUT2D eigenvalue weighted by Gasteiger charge is 2.04. The number of hydrazone groups is 1. The first-order valence-electron chi connectivity index (χ1n) is 5.06. The Hall–Kier alpha value is -2.17. The van der Waals surface area contributed by atoms with E-state index in [9.17, 15) is 9.59 Å². The van der Waals surface area contributed by atoms with Gasteiger partial charge in [0, 0.05) is 26.5 Å². The van der Waals surface area contributed by atoms with Crippen LogP contribution in [0.3, 0.4) is 0 Å². The number of ether oxygens (including phenoxy) is 1. The fourth-order valence-electron chi connectivity index (χ4n) is 1.07. The fraction of sp³-hybridized carbons (Fsp3) is 0.250. The van der Waals surface area contributed by atoms with Crippen LogP contribution in [0, 0.1) is 0 Å². The van der Waals surface area contributed by atoms with E-state index in [1.807, 2.05) is 0 Å². The van der Waals surface area contributed by atoms with E-state index in [0.717, 1.165) is 0 Å². The first-order chi connectivity index (χ1) is 8.00. The summed E-state index contributed by atoms with van der Waals surface area (Å²) < 4.78 is 5.00. The third kappa shape index (κ3) is 4.06. The van der Waals surface area contributed by atoms with Gasteiger partial charge in [-0.1, -0.05) is 12.1 Å². The van der Waals surface area contributed by atoms with Crippen LogP contribution in [0.2, 0.25) is 0 Å². The Labute approximate surface area is 99.7 Å². The zero-order valence-electron chi connectivity index (χ0n) is 10.0. The standard InChI is InChI=1S/C12H14N2O3/c1-9(15)14(3)13-8-11-6-4-5-7-12(11)17-10(2)16/h4-8H,1-3H3. The van der Waals surface area contributed by atoms with E-state index in [1.54, 1.807) is 31.3 Å². The normalized spacial score (nSPS) is 10.3. The van der Waals surface area contributed by atoms with Gasteiger partial charge in [-0.3, -0.25) is 9.59 Å². The summed E-state index contributed by atoms with van der Waals surface area (Å²) in [5, 5.41) is 5.13. The van der Waals surface area contributed by atoms with E-state index in [2.05, 4.69) is 5.10 Å². The average Bonchev–Trinajstić information content (AvgIpc) is 2.26. The van der Waals surface area contributed by atoms with E-state index in [1.165, 1.54) is 25.1 Å². The van der Waals surface area contributed by atoms with Crippen molar-refractivity contribution in [1.29, 1.82) is 0 Å². The molecule has 0 spiro atoms. The Morgan fingerprint density at radius 3 is 2.53 bits per heavy atom. The lowest BCUT2D eigenvalue weighted by molar-refractivity contribution is -0.132. The molecule has 0 heterocycles. The van der Waals surface area contributed by atoms with Gasteiger partial charge in [0.15, 0.2) is 0 Å². The highest BCUT2D eigenvalue weighted by atomic mass is 16.5. The Morgan fingerprint density at radius 2 is 1.94 bits per heavy atom. The largest absolute Gasteiger partial charge is 0.426 e. The van der Waals surface area contributed by atoms with Crippen molar-refractivity contribution in [3.05, 3.63) is 29.8 Å². The number of esters is 1. The minimum absolute atomic E-state index is 0.175. The second-order valence-corrected chi connectivity index (χ2v) is 3.42. The van der Waals surface area contributed by atoms with Crippen molar-refractivity contribution in [3.8, 4) is 5.75 Å². The molecule has 0 saturated heterocycles. The first-order valence-corrected chi connectivity index (χ1v) is 5.06. The van der Waals surface area contributed by atoms with Crippen LogP contribution in [0.4, 0.5) is 0 Å². The molecule has 1 rings (SSSR count). The van der Waals surface area contributed by atoms with Crippen LogP contribution in [0.15, 0.2) is 29.4 Å². The molecular formula is C12H14N2O3. The van der Waals surface area contributed by atoms with Crippen molar-refractivity contribution in [2.45, 2.75) is 13.8 Å². The van der Waals surface area contributed by atoms with Gasteiger partial charge in [-0.15, -0.1) is 0 Å². The monoisotopic (exact) mass is 234 g/mol. The number of carbonyl (C=O) groups excluding carboxylic acids is 2. The number of rotatable bonds is 3. The Balaban J connectivity index is 2.90. The van der Waals surface area contributed by atoms with Crippen LogP contribution < -0.4 is 4.74 Å². The summed E-state index contributed by atoms with van der Waals surface area (Å²) in [5.41, 5.74) is 0.635. The maximum Gasteiger partial charge on any atom is 0.308 e. The zero-order valence-corrected chi connectivity index (χ0v) is 10.0. The van der Waals surface area contributed by atoms with Crippen molar-refractivity contribution in [1.82, 2.24) is 5.01 Å². The molecule has 0 unspecified atom stereocenters. The number of nitrogens with zero attached hydrogens (tertiary/aromatic N) is 2. The lowest BCUT2D eigenvalue weighted by Crippen LogP contribution is -2.17. The molecule has 90 valence electrons. The summed E-state index contributed by atoms with van der Waals surface area (Å²) in [6.45, 7) is 2.74. The summed E-state index contributed by atoms with van der Waals surface area (Å²) >= 11 is 0. The molecule has 0 N–H and O–H groups in total. The molecule has 17 heavy (non-hydrogen) atoms. The van der Waals surface area contributed by atoms with Gasteiger partial charge >= 0.3 is 5.97 Å². The lowest BCUT2D eigenvalue weighted by Gasteiger charge is -2.08. The van der Waals surface area contributed by atoms with Crippen LogP contribution in [-0.4, -0.2) is 30.1 Å². The lowest BCUT2D eigenvalue weighted by atomic mass is 10.2. The van der Waals surface area contributed by atoms with Crippen LogP contribution in [0.5, 0.6) is 5.75 Å². The summed E-state index contributed by atoms with van der Waals surface area (Å²) in [6, 6.07) is 6.96. The third-order valence-electron chi connectivity index (χ3n) is 2.00. The number of para-hydroxylation sites is 1. The maximum atomic E-state index is 11.0. The number of carbonyl (C=O) groups is 2. The number of benzene rings is 1. The van der Waals surface area contributed by atoms with Crippen molar-refractivity contribution in [2.24, 2.45) is 5.10 Å². The molecule has 0 aliphatic heterocycles. The Bertz CT molecular complexity index is 455. The fourth-order valence-corrected chi connectivity index (χ4v) is 1.07. The van der Waals surface area contributed by atoms with Gasteiger partial charge in [0.25, 0.3) is 0 Å². The van der Waals surface area contributed by atoms with Crippen LogP contribution in [0.25, 0.3) is 0 Å². The summed E-state index contributed by atoms with van der Waals surface area (Å²) in [4.78, 5) is 21.8. The van der Waals surface area contributed by atoms with Crippen molar-refractivity contribution in [2.75, 3.05) is 7.05 Å². The zero-order chi connectivity index (χ0) is 12.8. The van der Waals surface area contributed by atoms with Gasteiger partial charge in [-0.25, -0.2) is 5.01 Å². The molecule has 0 fully saturated rings. The first kappa shape index (κ1) is 12.9. The molecule has 1 amide bonds. The van der Waals surface area contributed by atoms with Gasteiger partial charge in [-0.2, -0.15) is 5.10 Å². The molecule has 0 aliphatic carbocycles. The molecular weight excluding hydrogens is 220 g/mol. The summed E-state index contributed by atoms with van der Waals surface area (Å²) in [6.07, 6.45) is 1.47. The van der Waals surface area contributed by atoms with Gasteiger partial charge in [0.2, 0.25) is 5.91 Å². The highest BCUT2D eigenvalue weighted by molar-refractivity contribution is 5.86. The topological polar surface area (TPSA) is 59.0 Å². The van der Waals surface area contributed by atoms with E-state index >= 15 is 0 Å². The predicted octanol–water partition coefficient (Wildman–Crippen LogP) is 1.42. The molecule has 0 atom stereocenters. The molecule has 0 radical (unpaired) electrons. The van der Waals surface area contributed by atoms with Gasteiger partial charge in [0.1, 0.15) is 5.75 Å². The minimum atomic E-state index is -0.397. The molecule has 0 saturated carbocycles. The SMILES string of the molecule is CC(=O)Oc1ccccc1C=NN(C)C(C)=O. The summed E-state index contributed by atoms with van der Waals surface area (Å²) in [7, 11) is 1.55. The second-order valence-electron chi connectivity index (χ2n) is 3.42. The molecule has 1 aromatic rings. The number of hydrogen-bond acceptors (Lipinski definition) is 4. The molecule has 5 heteroatoms. The van der Waals surface area contributed by atoms with E-state index in [-0.39, 0.29) is 5.91 Å². The smallest absolute Gasteiger partial charge is 0.308 e. The molecule has 0 aromatic heterocycles. The van der Waals surface area contributed by atoms with Gasteiger partial charge < -0.3 is 4.74 Å². The molecule has 1 aromatic carbocycles. The van der Waals surface area contributed by atoms with Crippen LogP contribution in [-0.2, 0) is 9.59 Å². The van der Waals surface area contributed by atoms with Crippen LogP contribution in [0.1, 0.15) is 19.4 Å². The van der Waals surface area contributed by atoms with E-state index < -0.39 is 5.97 Å². The Morgan fingerprint density at radius 1 is 1.29 bits per heavy atom. The number of hydrogen-bond donors (Lipinski definition) is 0. The maximum absolute atomic E-state index is 11.0. The minimum Gasteiger partial charge on any atom is -0.426 e. The average molecular weight is 234 g/mol. The van der Waals surface area contributed by atoms with Crippen molar-refractivity contribution in [3.63, 3.8) is 0 Å². The van der Waals surface area contributed by atoms with E-state index in [4.69, 9.17) is 4.74 Å². The van der Waals surface area contributed by atoms with Crippen molar-refractivity contribution < 1.29 is 14.3 Å². The Kier molecular flexibility index (Phi) is 4.39. The van der Waals surface area contributed by atoms with Crippen molar-refractivity contribution >= 4 is 18.1 Å². The molecule has 5 nitrogen and oxygen atoms in total. The predicted molar refractivity (Wildman–Crippen MR) is 63.8 cm³/mol. The summed E-state index contributed by atoms with van der Waals surface area (Å²) in [5.74, 6) is -0.155. The quantitative estimate of drug-likeness (QED) is 0.344. The number of amides is 1. The highest BCUT2D eigenvalue weighted by Crippen LogP contribution is 2.16. The second kappa shape index (κ2) is 5.79. The van der Waals surface area contributed by atoms with Gasteiger partial charge in [0.05, 0.1) is 6.21 Å².